The molecule has 0 aliphatic carbocycles. The van der Waals surface area contributed by atoms with E-state index in [-0.39, 0.29) is 12.6 Å². The molecule has 5 heteroatoms. The number of carbonyl (C=O) groups is 2. The monoisotopic (exact) mass is 336 g/mol. The van der Waals surface area contributed by atoms with Crippen molar-refractivity contribution in [2.75, 3.05) is 6.61 Å². The van der Waals surface area contributed by atoms with Gasteiger partial charge in [-0.3, -0.25) is 0 Å². The zero-order chi connectivity index (χ0) is 17.8. The molecular weight excluding hydrogens is 316 g/mol. The first kappa shape index (κ1) is 16.8. The number of rotatable bonds is 4. The van der Waals surface area contributed by atoms with Gasteiger partial charge in [-0.05, 0) is 30.2 Å². The first-order valence-electron chi connectivity index (χ1n) is 8.16. The first-order chi connectivity index (χ1) is 12.1. The SMILES string of the molecule is C/C=C/COC(=O)C1=C(C)NC(=O)N[C@H]1c1cccc2ccccc12. The third-order valence-corrected chi connectivity index (χ3v) is 4.17. The van der Waals surface area contributed by atoms with Crippen LogP contribution in [0, 0.1) is 0 Å². The van der Waals surface area contributed by atoms with E-state index in [0.717, 1.165) is 16.3 Å². The molecule has 0 unspecified atom stereocenters. The summed E-state index contributed by atoms with van der Waals surface area (Å²) in [6.07, 6.45) is 3.58. The normalized spacial score (nSPS) is 17.5. The average molecular weight is 336 g/mol. The van der Waals surface area contributed by atoms with Crippen molar-refractivity contribution < 1.29 is 14.3 Å². The van der Waals surface area contributed by atoms with Crippen LogP contribution >= 0.6 is 0 Å². The van der Waals surface area contributed by atoms with Crippen molar-refractivity contribution in [2.24, 2.45) is 0 Å². The van der Waals surface area contributed by atoms with Gasteiger partial charge in [0.1, 0.15) is 6.61 Å². The van der Waals surface area contributed by atoms with Crippen LogP contribution in [-0.2, 0) is 9.53 Å². The molecule has 2 aromatic rings. The van der Waals surface area contributed by atoms with Gasteiger partial charge in [-0.25, -0.2) is 9.59 Å². The summed E-state index contributed by atoms with van der Waals surface area (Å²) in [6, 6.07) is 12.8. The molecule has 1 aliphatic heterocycles. The van der Waals surface area contributed by atoms with Crippen molar-refractivity contribution in [3.63, 3.8) is 0 Å². The standard InChI is InChI=1S/C20H20N2O3/c1-3-4-12-25-19(23)17-13(2)21-20(24)22-18(17)16-11-7-9-14-8-5-6-10-15(14)16/h3-11,18H,12H2,1-2H3,(H2,21,22,24)/b4-3+/t18-/m0/s1. The Labute approximate surface area is 146 Å². The molecule has 3 rings (SSSR count). The zero-order valence-corrected chi connectivity index (χ0v) is 14.2. The lowest BCUT2D eigenvalue weighted by Crippen LogP contribution is -2.45. The van der Waals surface area contributed by atoms with Crippen molar-refractivity contribution >= 4 is 22.8 Å². The van der Waals surface area contributed by atoms with Crippen LogP contribution < -0.4 is 10.6 Å². The lowest BCUT2D eigenvalue weighted by molar-refractivity contribution is -0.138. The van der Waals surface area contributed by atoms with Crippen LogP contribution in [0.5, 0.6) is 0 Å². The smallest absolute Gasteiger partial charge is 0.338 e. The number of hydrogen-bond acceptors (Lipinski definition) is 3. The number of nitrogens with one attached hydrogen (secondary N) is 2. The van der Waals surface area contributed by atoms with Crippen LogP contribution in [0.4, 0.5) is 4.79 Å². The maximum Gasteiger partial charge on any atom is 0.338 e. The van der Waals surface area contributed by atoms with E-state index in [1.165, 1.54) is 0 Å². The molecule has 0 aromatic heterocycles. The molecule has 2 N–H and O–H groups in total. The minimum Gasteiger partial charge on any atom is -0.458 e. The quantitative estimate of drug-likeness (QED) is 0.662. The number of fused-ring (bicyclic) bond motifs is 1. The number of amides is 2. The fraction of sp³-hybridized carbons (Fsp3) is 0.200. The summed E-state index contributed by atoms with van der Waals surface area (Å²) in [5.41, 5.74) is 1.79. The molecule has 0 radical (unpaired) electrons. The Morgan fingerprint density at radius 3 is 2.76 bits per heavy atom. The number of carbonyl (C=O) groups excluding carboxylic acids is 2. The molecule has 2 aromatic carbocycles. The predicted octanol–water partition coefficient (Wildman–Crippen LogP) is 3.59. The zero-order valence-electron chi connectivity index (χ0n) is 14.2. The fourth-order valence-corrected chi connectivity index (χ4v) is 3.00. The van der Waals surface area contributed by atoms with Gasteiger partial charge in [0.05, 0.1) is 11.6 Å². The van der Waals surface area contributed by atoms with Gasteiger partial charge in [-0.15, -0.1) is 0 Å². The molecule has 25 heavy (non-hydrogen) atoms. The molecule has 0 spiro atoms. The van der Waals surface area contributed by atoms with Crippen LogP contribution in [0.25, 0.3) is 10.8 Å². The van der Waals surface area contributed by atoms with Gasteiger partial charge in [0, 0.05) is 5.70 Å². The molecule has 128 valence electrons. The van der Waals surface area contributed by atoms with Gasteiger partial charge in [0.2, 0.25) is 0 Å². The summed E-state index contributed by atoms with van der Waals surface area (Å²) in [4.78, 5) is 24.6. The van der Waals surface area contributed by atoms with Gasteiger partial charge in [-0.1, -0.05) is 54.6 Å². The summed E-state index contributed by atoms with van der Waals surface area (Å²) in [7, 11) is 0. The number of esters is 1. The van der Waals surface area contributed by atoms with Crippen LogP contribution in [-0.4, -0.2) is 18.6 Å². The molecule has 2 amide bonds. The highest BCUT2D eigenvalue weighted by Crippen LogP contribution is 2.32. The minimum absolute atomic E-state index is 0.197. The lowest BCUT2D eigenvalue weighted by atomic mass is 9.91. The van der Waals surface area contributed by atoms with E-state index in [1.54, 1.807) is 13.0 Å². The topological polar surface area (TPSA) is 67.4 Å². The largest absolute Gasteiger partial charge is 0.458 e. The number of benzene rings is 2. The Morgan fingerprint density at radius 2 is 1.96 bits per heavy atom. The second-order valence-corrected chi connectivity index (χ2v) is 5.81. The second kappa shape index (κ2) is 7.21. The van der Waals surface area contributed by atoms with Gasteiger partial charge in [0.15, 0.2) is 0 Å². The molecule has 0 saturated heterocycles. The summed E-state index contributed by atoms with van der Waals surface area (Å²) in [6.45, 7) is 3.77. The first-order valence-corrected chi connectivity index (χ1v) is 8.16. The van der Waals surface area contributed by atoms with E-state index in [2.05, 4.69) is 10.6 Å². The number of ether oxygens (including phenoxy) is 1. The van der Waals surface area contributed by atoms with E-state index in [9.17, 15) is 9.59 Å². The Hall–Kier alpha value is -3.08. The molecule has 0 fully saturated rings. The molecule has 5 nitrogen and oxygen atoms in total. The van der Waals surface area contributed by atoms with Gasteiger partial charge in [0.25, 0.3) is 0 Å². The molecule has 0 bridgehead atoms. The summed E-state index contributed by atoms with van der Waals surface area (Å²) < 4.78 is 5.32. The van der Waals surface area contributed by atoms with E-state index in [1.807, 2.05) is 55.5 Å². The summed E-state index contributed by atoms with van der Waals surface area (Å²) >= 11 is 0. The van der Waals surface area contributed by atoms with E-state index < -0.39 is 12.0 Å². The Balaban J connectivity index is 2.06. The maximum absolute atomic E-state index is 12.6. The van der Waals surface area contributed by atoms with Crippen molar-refractivity contribution in [3.8, 4) is 0 Å². The Bertz CT molecular complexity index is 878. The van der Waals surface area contributed by atoms with Gasteiger partial charge >= 0.3 is 12.0 Å². The predicted molar refractivity (Wildman–Crippen MR) is 96.8 cm³/mol. The highest BCUT2D eigenvalue weighted by atomic mass is 16.5. The van der Waals surface area contributed by atoms with Crippen LogP contribution in [0.3, 0.4) is 0 Å². The minimum atomic E-state index is -0.557. The number of hydrogen-bond donors (Lipinski definition) is 2. The van der Waals surface area contributed by atoms with Crippen molar-refractivity contribution in [1.82, 2.24) is 10.6 Å². The van der Waals surface area contributed by atoms with Gasteiger partial charge in [-0.2, -0.15) is 0 Å². The molecular formula is C20H20N2O3. The third kappa shape index (κ3) is 3.40. The van der Waals surface area contributed by atoms with E-state index >= 15 is 0 Å². The second-order valence-electron chi connectivity index (χ2n) is 5.81. The van der Waals surface area contributed by atoms with Crippen molar-refractivity contribution in [1.29, 1.82) is 0 Å². The Kier molecular flexibility index (Phi) is 4.84. The third-order valence-electron chi connectivity index (χ3n) is 4.17. The molecule has 0 saturated carbocycles. The van der Waals surface area contributed by atoms with E-state index in [4.69, 9.17) is 4.74 Å². The van der Waals surface area contributed by atoms with Crippen LogP contribution in [0.1, 0.15) is 25.5 Å². The molecule has 1 atom stereocenters. The fourth-order valence-electron chi connectivity index (χ4n) is 3.00. The van der Waals surface area contributed by atoms with Crippen LogP contribution in [0.2, 0.25) is 0 Å². The average Bonchev–Trinajstić information content (AvgIpc) is 2.60. The lowest BCUT2D eigenvalue weighted by Gasteiger charge is -2.28. The number of allylic oxidation sites excluding steroid dienone is 2. The summed E-state index contributed by atoms with van der Waals surface area (Å²) in [5.74, 6) is -0.443. The van der Waals surface area contributed by atoms with Crippen LogP contribution in [0.15, 0.2) is 65.9 Å². The van der Waals surface area contributed by atoms with E-state index in [0.29, 0.717) is 11.3 Å². The van der Waals surface area contributed by atoms with Crippen molar-refractivity contribution in [3.05, 3.63) is 71.5 Å². The Morgan fingerprint density at radius 1 is 1.20 bits per heavy atom. The van der Waals surface area contributed by atoms with Gasteiger partial charge < -0.3 is 15.4 Å². The molecule has 1 heterocycles. The highest BCUT2D eigenvalue weighted by Gasteiger charge is 2.32. The number of urea groups is 1. The molecule has 1 aliphatic rings. The summed E-state index contributed by atoms with van der Waals surface area (Å²) in [5, 5.41) is 7.55. The highest BCUT2D eigenvalue weighted by molar-refractivity contribution is 5.97. The van der Waals surface area contributed by atoms with Crippen molar-refractivity contribution in [2.45, 2.75) is 19.9 Å². The maximum atomic E-state index is 12.6.